The normalized spacial score (nSPS) is 21.9. The van der Waals surface area contributed by atoms with Gasteiger partial charge in [0, 0.05) is 36.7 Å². The molecule has 1 aromatic rings. The Morgan fingerprint density at radius 2 is 1.68 bits per heavy atom. The first-order valence-electron chi connectivity index (χ1n) is 10.4. The molecule has 2 aliphatic heterocycles. The molecule has 0 spiro atoms. The third-order valence-electron chi connectivity index (χ3n) is 5.66. The second-order valence-corrected chi connectivity index (χ2v) is 12.4. The molecular weight excluding hydrogens is 442 g/mol. The molecule has 0 aromatic heterocycles. The van der Waals surface area contributed by atoms with Crippen LogP contribution in [0.5, 0.6) is 0 Å². The summed E-state index contributed by atoms with van der Waals surface area (Å²) in [6.45, 7) is 4.82. The maximum atomic E-state index is 12.5. The first kappa shape index (κ1) is 23.7. The molecule has 2 aliphatic rings. The first-order chi connectivity index (χ1) is 14.5. The highest BCUT2D eigenvalue weighted by molar-refractivity contribution is 7.92. The third kappa shape index (κ3) is 6.05. The minimum atomic E-state index is -3.85. The van der Waals surface area contributed by atoms with Gasteiger partial charge in [-0.05, 0) is 43.5 Å². The van der Waals surface area contributed by atoms with Gasteiger partial charge in [-0.1, -0.05) is 13.8 Å². The third-order valence-corrected chi connectivity index (χ3v) is 8.96. The van der Waals surface area contributed by atoms with Gasteiger partial charge in [0.25, 0.3) is 0 Å². The standard InChI is InChI=1S/C20H29N3O6S2/c1-14(2)20(25)23-10-7-15(8-11-23)19(24)21-16-3-5-18(6-4-16)31(28,29)22-17-9-12-30(26,27)13-17/h3-6,14-15,17,22H,7-13H2,1-2H3,(H,21,24)/t17-/m0/s1. The van der Waals surface area contributed by atoms with Crippen molar-refractivity contribution in [2.24, 2.45) is 11.8 Å². The van der Waals surface area contributed by atoms with Gasteiger partial charge in [-0.2, -0.15) is 0 Å². The van der Waals surface area contributed by atoms with Crippen molar-refractivity contribution in [3.8, 4) is 0 Å². The Morgan fingerprint density at radius 1 is 1.06 bits per heavy atom. The van der Waals surface area contributed by atoms with Crippen LogP contribution in [0.25, 0.3) is 0 Å². The quantitative estimate of drug-likeness (QED) is 0.636. The molecule has 1 aromatic carbocycles. The van der Waals surface area contributed by atoms with E-state index in [1.807, 2.05) is 13.8 Å². The number of benzene rings is 1. The zero-order chi connectivity index (χ0) is 22.8. The Labute approximate surface area is 183 Å². The van der Waals surface area contributed by atoms with Gasteiger partial charge in [-0.15, -0.1) is 0 Å². The van der Waals surface area contributed by atoms with Crippen molar-refractivity contribution in [1.29, 1.82) is 0 Å². The Kier molecular flexibility index (Phi) is 7.07. The first-order valence-corrected chi connectivity index (χ1v) is 13.7. The fourth-order valence-corrected chi connectivity index (χ4v) is 6.91. The molecule has 9 nitrogen and oxygen atoms in total. The lowest BCUT2D eigenvalue weighted by Crippen LogP contribution is -2.43. The molecule has 0 unspecified atom stereocenters. The van der Waals surface area contributed by atoms with E-state index in [4.69, 9.17) is 0 Å². The van der Waals surface area contributed by atoms with E-state index >= 15 is 0 Å². The molecule has 2 heterocycles. The number of carbonyl (C=O) groups excluding carboxylic acids is 2. The van der Waals surface area contributed by atoms with E-state index < -0.39 is 25.9 Å². The molecule has 0 aliphatic carbocycles. The molecule has 0 radical (unpaired) electrons. The summed E-state index contributed by atoms with van der Waals surface area (Å²) in [5, 5.41) is 2.80. The number of sulfonamides is 1. The van der Waals surface area contributed by atoms with Crippen molar-refractivity contribution >= 4 is 37.4 Å². The Balaban J connectivity index is 1.54. The number of anilines is 1. The number of sulfone groups is 1. The molecule has 2 amide bonds. The Morgan fingerprint density at radius 3 is 2.19 bits per heavy atom. The Hall–Kier alpha value is -1.98. The van der Waals surface area contributed by atoms with E-state index in [-0.39, 0.29) is 46.5 Å². The van der Waals surface area contributed by atoms with Crippen molar-refractivity contribution in [2.45, 2.75) is 44.0 Å². The zero-order valence-electron chi connectivity index (χ0n) is 17.7. The molecule has 31 heavy (non-hydrogen) atoms. The molecule has 2 N–H and O–H groups in total. The summed E-state index contributed by atoms with van der Waals surface area (Å²) in [4.78, 5) is 26.4. The van der Waals surface area contributed by atoms with E-state index in [1.54, 1.807) is 4.90 Å². The van der Waals surface area contributed by atoms with Gasteiger partial charge < -0.3 is 10.2 Å². The second kappa shape index (κ2) is 9.25. The van der Waals surface area contributed by atoms with Crippen LogP contribution in [0.3, 0.4) is 0 Å². The summed E-state index contributed by atoms with van der Waals surface area (Å²) in [5.41, 5.74) is 0.480. The van der Waals surface area contributed by atoms with Gasteiger partial charge in [0.05, 0.1) is 16.4 Å². The van der Waals surface area contributed by atoms with Gasteiger partial charge in [-0.25, -0.2) is 21.6 Å². The van der Waals surface area contributed by atoms with Crippen LogP contribution in [0.4, 0.5) is 5.69 Å². The molecule has 2 saturated heterocycles. The second-order valence-electron chi connectivity index (χ2n) is 8.49. The highest BCUT2D eigenvalue weighted by atomic mass is 32.2. The number of nitrogens with zero attached hydrogens (tertiary/aromatic N) is 1. The number of piperidine rings is 1. The molecule has 172 valence electrons. The van der Waals surface area contributed by atoms with E-state index in [2.05, 4.69) is 10.0 Å². The molecule has 11 heteroatoms. The minimum absolute atomic E-state index is 0.00954. The smallest absolute Gasteiger partial charge is 0.240 e. The SMILES string of the molecule is CC(C)C(=O)N1CCC(C(=O)Nc2ccc(S(=O)(=O)N[C@H]3CCS(=O)(=O)C3)cc2)CC1. The van der Waals surface area contributed by atoms with Crippen molar-refractivity contribution in [3.05, 3.63) is 24.3 Å². The average molecular weight is 472 g/mol. The van der Waals surface area contributed by atoms with Crippen molar-refractivity contribution in [1.82, 2.24) is 9.62 Å². The summed E-state index contributed by atoms with van der Waals surface area (Å²) in [5.74, 6) is -0.531. The zero-order valence-corrected chi connectivity index (χ0v) is 19.3. The predicted octanol–water partition coefficient (Wildman–Crippen LogP) is 0.985. The molecule has 0 bridgehead atoms. The number of hydrogen-bond donors (Lipinski definition) is 2. The fourth-order valence-electron chi connectivity index (χ4n) is 3.86. The van der Waals surface area contributed by atoms with Crippen LogP contribution in [0, 0.1) is 11.8 Å². The van der Waals surface area contributed by atoms with Crippen LogP contribution in [0.1, 0.15) is 33.1 Å². The number of amides is 2. The highest BCUT2D eigenvalue weighted by Crippen LogP contribution is 2.22. The van der Waals surface area contributed by atoms with Crippen LogP contribution >= 0.6 is 0 Å². The van der Waals surface area contributed by atoms with Gasteiger partial charge in [0.2, 0.25) is 21.8 Å². The minimum Gasteiger partial charge on any atom is -0.342 e. The highest BCUT2D eigenvalue weighted by Gasteiger charge is 2.32. The number of rotatable bonds is 6. The molecule has 1 atom stereocenters. The van der Waals surface area contributed by atoms with Crippen molar-refractivity contribution < 1.29 is 26.4 Å². The molecule has 2 fully saturated rings. The lowest BCUT2D eigenvalue weighted by Gasteiger charge is -2.32. The predicted molar refractivity (Wildman–Crippen MR) is 117 cm³/mol. The van der Waals surface area contributed by atoms with E-state index in [0.29, 0.717) is 31.6 Å². The van der Waals surface area contributed by atoms with Crippen LogP contribution in [0.2, 0.25) is 0 Å². The summed E-state index contributed by atoms with van der Waals surface area (Å²) in [6, 6.07) is 5.16. The topological polar surface area (TPSA) is 130 Å². The van der Waals surface area contributed by atoms with E-state index in [9.17, 15) is 26.4 Å². The maximum absolute atomic E-state index is 12.5. The van der Waals surface area contributed by atoms with Crippen molar-refractivity contribution in [2.75, 3.05) is 29.9 Å². The Bertz CT molecular complexity index is 1030. The monoisotopic (exact) mass is 471 g/mol. The van der Waals surface area contributed by atoms with Crippen LogP contribution in [-0.4, -0.2) is 64.2 Å². The molecule has 0 saturated carbocycles. The number of nitrogens with one attached hydrogen (secondary N) is 2. The summed E-state index contributed by atoms with van der Waals surface area (Å²) < 4.78 is 50.5. The van der Waals surface area contributed by atoms with Crippen LogP contribution in [0.15, 0.2) is 29.2 Å². The van der Waals surface area contributed by atoms with Gasteiger partial charge in [0.1, 0.15) is 0 Å². The largest absolute Gasteiger partial charge is 0.342 e. The molecular formula is C20H29N3O6S2. The number of hydrogen-bond acceptors (Lipinski definition) is 6. The number of likely N-dealkylation sites (tertiary alicyclic amines) is 1. The van der Waals surface area contributed by atoms with Crippen LogP contribution in [-0.2, 0) is 29.4 Å². The summed E-state index contributed by atoms with van der Waals surface area (Å²) in [6.07, 6.45) is 1.44. The van der Waals surface area contributed by atoms with Gasteiger partial charge >= 0.3 is 0 Å². The van der Waals surface area contributed by atoms with Gasteiger partial charge in [0.15, 0.2) is 9.84 Å². The summed E-state index contributed by atoms with van der Waals surface area (Å²) >= 11 is 0. The molecule has 3 rings (SSSR count). The van der Waals surface area contributed by atoms with E-state index in [1.165, 1.54) is 24.3 Å². The van der Waals surface area contributed by atoms with E-state index in [0.717, 1.165) is 0 Å². The fraction of sp³-hybridized carbons (Fsp3) is 0.600. The lowest BCUT2D eigenvalue weighted by atomic mass is 9.95. The average Bonchev–Trinajstić information content (AvgIpc) is 3.05. The summed E-state index contributed by atoms with van der Waals surface area (Å²) in [7, 11) is -7.04. The lowest BCUT2D eigenvalue weighted by molar-refractivity contribution is -0.137. The maximum Gasteiger partial charge on any atom is 0.240 e. The number of carbonyl (C=O) groups is 2. The van der Waals surface area contributed by atoms with Gasteiger partial charge in [-0.3, -0.25) is 9.59 Å². The van der Waals surface area contributed by atoms with Crippen molar-refractivity contribution in [3.63, 3.8) is 0 Å². The van der Waals surface area contributed by atoms with Crippen LogP contribution < -0.4 is 10.0 Å².